The van der Waals surface area contributed by atoms with E-state index in [1.807, 2.05) is 19.1 Å². The van der Waals surface area contributed by atoms with Crippen LogP contribution in [-0.2, 0) is 6.54 Å². The number of benzene rings is 1. The lowest BCUT2D eigenvalue weighted by Gasteiger charge is -2.35. The molecule has 1 aliphatic heterocycles. The van der Waals surface area contributed by atoms with Gasteiger partial charge < -0.3 is 4.90 Å². The molecule has 0 radical (unpaired) electrons. The number of rotatable bonds is 4. The Bertz CT molecular complexity index is 729. The van der Waals surface area contributed by atoms with Crippen LogP contribution in [0.4, 0.5) is 10.2 Å². The SMILES string of the molecule is Cc1ncnc(N2CCCN(Cc3ccc(F)cc3)C(C(C)C)C2)c1C. The molecule has 1 aromatic carbocycles. The second kappa shape index (κ2) is 8.12. The van der Waals surface area contributed by atoms with Crippen molar-refractivity contribution in [3.05, 3.63) is 53.2 Å². The predicted molar refractivity (Wildman–Crippen MR) is 104 cm³/mol. The zero-order chi connectivity index (χ0) is 18.7. The minimum atomic E-state index is -0.175. The van der Waals surface area contributed by atoms with Crippen molar-refractivity contribution < 1.29 is 4.39 Å². The van der Waals surface area contributed by atoms with Crippen LogP contribution in [0.3, 0.4) is 0 Å². The lowest BCUT2D eigenvalue weighted by Crippen LogP contribution is -2.44. The van der Waals surface area contributed by atoms with Crippen molar-refractivity contribution >= 4 is 5.82 Å². The fraction of sp³-hybridized carbons (Fsp3) is 0.524. The van der Waals surface area contributed by atoms with Crippen molar-refractivity contribution in [2.75, 3.05) is 24.5 Å². The molecule has 140 valence electrons. The molecule has 1 saturated heterocycles. The van der Waals surface area contributed by atoms with Crippen LogP contribution < -0.4 is 4.90 Å². The Kier molecular flexibility index (Phi) is 5.87. The smallest absolute Gasteiger partial charge is 0.135 e. The number of anilines is 1. The van der Waals surface area contributed by atoms with Crippen LogP contribution >= 0.6 is 0 Å². The summed E-state index contributed by atoms with van der Waals surface area (Å²) < 4.78 is 13.2. The first-order chi connectivity index (χ1) is 12.5. The number of hydrogen-bond acceptors (Lipinski definition) is 4. The molecular formula is C21H29FN4. The van der Waals surface area contributed by atoms with Gasteiger partial charge in [0.1, 0.15) is 18.0 Å². The van der Waals surface area contributed by atoms with Gasteiger partial charge in [-0.1, -0.05) is 26.0 Å². The van der Waals surface area contributed by atoms with Crippen LogP contribution in [0.1, 0.15) is 37.1 Å². The van der Waals surface area contributed by atoms with E-state index in [0.717, 1.165) is 44.1 Å². The average Bonchev–Trinajstić information content (AvgIpc) is 2.82. The molecule has 26 heavy (non-hydrogen) atoms. The molecule has 1 aliphatic rings. The highest BCUT2D eigenvalue weighted by atomic mass is 19.1. The molecule has 1 aromatic heterocycles. The summed E-state index contributed by atoms with van der Waals surface area (Å²) in [6.45, 7) is 12.6. The van der Waals surface area contributed by atoms with E-state index in [4.69, 9.17) is 0 Å². The molecular weight excluding hydrogens is 327 g/mol. The summed E-state index contributed by atoms with van der Waals surface area (Å²) in [5, 5.41) is 0. The Labute approximate surface area is 156 Å². The van der Waals surface area contributed by atoms with Crippen LogP contribution in [0.25, 0.3) is 0 Å². The standard InChI is InChI=1S/C21H29FN4/c1-15(2)20-13-26(21-16(3)17(4)23-14-24-21)11-5-10-25(20)12-18-6-8-19(22)9-7-18/h6-9,14-15,20H,5,10-13H2,1-4H3. The molecule has 0 bridgehead atoms. The molecule has 3 rings (SSSR count). The number of aryl methyl sites for hydroxylation is 1. The Morgan fingerprint density at radius 1 is 1.12 bits per heavy atom. The lowest BCUT2D eigenvalue weighted by molar-refractivity contribution is 0.161. The summed E-state index contributed by atoms with van der Waals surface area (Å²) in [6.07, 6.45) is 2.76. The first-order valence-corrected chi connectivity index (χ1v) is 9.47. The van der Waals surface area contributed by atoms with Crippen molar-refractivity contribution in [1.82, 2.24) is 14.9 Å². The molecule has 1 atom stereocenters. The number of nitrogens with zero attached hydrogens (tertiary/aromatic N) is 4. The van der Waals surface area contributed by atoms with E-state index in [0.29, 0.717) is 12.0 Å². The van der Waals surface area contributed by atoms with Gasteiger partial charge in [0.05, 0.1) is 0 Å². The predicted octanol–water partition coefficient (Wildman–Crippen LogP) is 3.97. The Morgan fingerprint density at radius 2 is 1.85 bits per heavy atom. The van der Waals surface area contributed by atoms with Crippen LogP contribution in [0, 0.1) is 25.6 Å². The molecule has 0 saturated carbocycles. The molecule has 0 amide bonds. The minimum Gasteiger partial charge on any atom is -0.355 e. The molecule has 0 aliphatic carbocycles. The molecule has 0 spiro atoms. The van der Waals surface area contributed by atoms with Gasteiger partial charge in [0.2, 0.25) is 0 Å². The molecule has 4 nitrogen and oxygen atoms in total. The normalized spacial score (nSPS) is 19.0. The van der Waals surface area contributed by atoms with Crippen LogP contribution in [0.5, 0.6) is 0 Å². The van der Waals surface area contributed by atoms with Crippen LogP contribution in [0.15, 0.2) is 30.6 Å². The van der Waals surface area contributed by atoms with Gasteiger partial charge in [0.15, 0.2) is 0 Å². The van der Waals surface area contributed by atoms with Crippen molar-refractivity contribution in [1.29, 1.82) is 0 Å². The zero-order valence-corrected chi connectivity index (χ0v) is 16.2. The van der Waals surface area contributed by atoms with Gasteiger partial charge in [-0.25, -0.2) is 14.4 Å². The molecule has 0 N–H and O–H groups in total. The average molecular weight is 356 g/mol. The van der Waals surface area contributed by atoms with Gasteiger partial charge in [-0.2, -0.15) is 0 Å². The van der Waals surface area contributed by atoms with Crippen LogP contribution in [0.2, 0.25) is 0 Å². The maximum Gasteiger partial charge on any atom is 0.135 e. The Hall–Kier alpha value is -2.01. The van der Waals surface area contributed by atoms with Gasteiger partial charge in [-0.05, 0) is 43.9 Å². The van der Waals surface area contributed by atoms with Crippen molar-refractivity contribution in [3.8, 4) is 0 Å². The van der Waals surface area contributed by atoms with Gasteiger partial charge in [-0.3, -0.25) is 4.90 Å². The van der Waals surface area contributed by atoms with E-state index >= 15 is 0 Å². The van der Waals surface area contributed by atoms with Crippen LogP contribution in [-0.4, -0.2) is 40.5 Å². The van der Waals surface area contributed by atoms with E-state index in [2.05, 4.69) is 40.5 Å². The van der Waals surface area contributed by atoms with Gasteiger partial charge >= 0.3 is 0 Å². The Balaban J connectivity index is 1.81. The maximum absolute atomic E-state index is 13.2. The van der Waals surface area contributed by atoms with Crippen molar-refractivity contribution in [3.63, 3.8) is 0 Å². The van der Waals surface area contributed by atoms with E-state index in [1.54, 1.807) is 18.5 Å². The molecule has 5 heteroatoms. The monoisotopic (exact) mass is 356 g/mol. The third-order valence-electron chi connectivity index (χ3n) is 5.43. The van der Waals surface area contributed by atoms with E-state index < -0.39 is 0 Å². The second-order valence-corrected chi connectivity index (χ2v) is 7.62. The fourth-order valence-corrected chi connectivity index (χ4v) is 3.75. The molecule has 1 unspecified atom stereocenters. The molecule has 1 fully saturated rings. The largest absolute Gasteiger partial charge is 0.355 e. The zero-order valence-electron chi connectivity index (χ0n) is 16.2. The van der Waals surface area contributed by atoms with Gasteiger partial charge in [0, 0.05) is 43.5 Å². The third-order valence-corrected chi connectivity index (χ3v) is 5.43. The minimum absolute atomic E-state index is 0.175. The second-order valence-electron chi connectivity index (χ2n) is 7.62. The lowest BCUT2D eigenvalue weighted by atomic mass is 10.0. The first-order valence-electron chi connectivity index (χ1n) is 9.47. The summed E-state index contributed by atoms with van der Waals surface area (Å²) in [5.74, 6) is 1.41. The first kappa shape index (κ1) is 18.8. The highest BCUT2D eigenvalue weighted by molar-refractivity contribution is 5.47. The van der Waals surface area contributed by atoms with Gasteiger partial charge in [0.25, 0.3) is 0 Å². The van der Waals surface area contributed by atoms with Gasteiger partial charge in [-0.15, -0.1) is 0 Å². The molecule has 2 heterocycles. The number of halogens is 1. The van der Waals surface area contributed by atoms with E-state index in [9.17, 15) is 4.39 Å². The highest BCUT2D eigenvalue weighted by Crippen LogP contribution is 2.25. The van der Waals surface area contributed by atoms with E-state index in [1.165, 1.54) is 11.1 Å². The number of hydrogen-bond donors (Lipinski definition) is 0. The fourth-order valence-electron chi connectivity index (χ4n) is 3.75. The summed E-state index contributed by atoms with van der Waals surface area (Å²) >= 11 is 0. The maximum atomic E-state index is 13.2. The number of aromatic nitrogens is 2. The third kappa shape index (κ3) is 4.21. The summed E-state index contributed by atoms with van der Waals surface area (Å²) in [6, 6.07) is 7.33. The Morgan fingerprint density at radius 3 is 2.54 bits per heavy atom. The topological polar surface area (TPSA) is 32.3 Å². The van der Waals surface area contributed by atoms with Crippen molar-refractivity contribution in [2.24, 2.45) is 5.92 Å². The molecule has 2 aromatic rings. The van der Waals surface area contributed by atoms with Crippen molar-refractivity contribution in [2.45, 2.75) is 46.7 Å². The van der Waals surface area contributed by atoms with E-state index in [-0.39, 0.29) is 5.82 Å². The summed E-state index contributed by atoms with van der Waals surface area (Å²) in [7, 11) is 0. The summed E-state index contributed by atoms with van der Waals surface area (Å²) in [4.78, 5) is 13.8. The quantitative estimate of drug-likeness (QED) is 0.830. The summed E-state index contributed by atoms with van der Waals surface area (Å²) in [5.41, 5.74) is 3.38. The highest BCUT2D eigenvalue weighted by Gasteiger charge is 2.28.